The van der Waals surface area contributed by atoms with E-state index in [0.717, 1.165) is 87.6 Å². The number of hydrogen-bond donors (Lipinski definition) is 0. The summed E-state index contributed by atoms with van der Waals surface area (Å²) in [6.45, 7) is -2.92. The molecule has 0 saturated carbocycles. The van der Waals surface area contributed by atoms with Crippen molar-refractivity contribution >= 4 is 65.3 Å². The molecule has 3 heteroatoms. The molecular formula is C51H34N2O. The summed E-state index contributed by atoms with van der Waals surface area (Å²) < 4.78 is 49.5. The highest BCUT2D eigenvalue weighted by Crippen LogP contribution is 2.48. The Hall–Kier alpha value is -6.97. The maximum atomic E-state index is 8.67. The minimum Gasteiger partial charge on any atom is -0.456 e. The number of rotatable bonds is 5. The van der Waals surface area contributed by atoms with Gasteiger partial charge in [-0.2, -0.15) is 0 Å². The first-order valence-corrected chi connectivity index (χ1v) is 18.1. The average Bonchev–Trinajstić information content (AvgIpc) is 3.85. The molecule has 2 aromatic heterocycles. The minimum atomic E-state index is -2.92. The van der Waals surface area contributed by atoms with Crippen molar-refractivity contribution in [3.8, 4) is 39.1 Å². The van der Waals surface area contributed by atoms with Crippen LogP contribution < -0.4 is 0 Å². The van der Waals surface area contributed by atoms with Gasteiger partial charge in [-0.3, -0.25) is 4.57 Å². The molecule has 9 aromatic carbocycles. The van der Waals surface area contributed by atoms with Crippen LogP contribution in [0.1, 0.15) is 19.5 Å². The van der Waals surface area contributed by atoms with Crippen molar-refractivity contribution in [3.63, 3.8) is 0 Å². The highest BCUT2D eigenvalue weighted by Gasteiger charge is 2.21. The molecular weight excluding hydrogens is 657 g/mol. The Labute approximate surface area is 319 Å². The SMILES string of the molecule is [2H]C([2H])([2H])C([2H])([2H])c1nc2ccccc2n1-c1ccc2cc(-c3c4ccccc4c(-c4cccc5oc6ccccc6c45)c4cc(-c5ccccc5)ccc34)ccc2c1. The lowest BCUT2D eigenvalue weighted by Gasteiger charge is -2.19. The first-order valence-electron chi connectivity index (χ1n) is 20.6. The molecule has 254 valence electrons. The number of benzene rings is 9. The van der Waals surface area contributed by atoms with Crippen LogP contribution in [0, 0.1) is 0 Å². The summed E-state index contributed by atoms with van der Waals surface area (Å²) in [5, 5.41) is 8.62. The van der Waals surface area contributed by atoms with Crippen LogP contribution in [-0.4, -0.2) is 9.55 Å². The fraction of sp³-hybridized carbons (Fsp3) is 0.0392. The lowest BCUT2D eigenvalue weighted by atomic mass is 9.83. The lowest BCUT2D eigenvalue weighted by molar-refractivity contribution is 0.669. The minimum absolute atomic E-state index is 0.151. The van der Waals surface area contributed by atoms with Gasteiger partial charge in [0.2, 0.25) is 0 Å². The first kappa shape index (κ1) is 25.9. The summed E-state index contributed by atoms with van der Waals surface area (Å²) in [5.41, 5.74) is 10.2. The number of para-hydroxylation sites is 3. The quantitative estimate of drug-likeness (QED) is 0.168. The number of nitrogens with zero attached hydrogens (tertiary/aromatic N) is 2. The van der Waals surface area contributed by atoms with E-state index in [9.17, 15) is 0 Å². The summed E-state index contributed by atoms with van der Waals surface area (Å²) in [6, 6.07) is 60.2. The smallest absolute Gasteiger partial charge is 0.136 e. The Kier molecular flexibility index (Phi) is 5.78. The summed E-state index contributed by atoms with van der Waals surface area (Å²) in [7, 11) is 0. The molecule has 11 aromatic rings. The summed E-state index contributed by atoms with van der Waals surface area (Å²) in [5.74, 6) is -0.151. The third kappa shape index (κ3) is 4.65. The monoisotopic (exact) mass is 695 g/mol. The Morgan fingerprint density at radius 3 is 2.13 bits per heavy atom. The Balaban J connectivity index is 1.15. The lowest BCUT2D eigenvalue weighted by Crippen LogP contribution is -2.00. The van der Waals surface area contributed by atoms with Gasteiger partial charge in [-0.15, -0.1) is 0 Å². The fourth-order valence-corrected chi connectivity index (χ4v) is 8.47. The van der Waals surface area contributed by atoms with Crippen molar-refractivity contribution in [1.29, 1.82) is 0 Å². The Morgan fingerprint density at radius 1 is 0.537 bits per heavy atom. The van der Waals surface area contributed by atoms with Crippen LogP contribution in [-0.2, 0) is 6.37 Å². The van der Waals surface area contributed by atoms with Crippen LogP contribution in [0.2, 0.25) is 0 Å². The molecule has 0 fully saturated rings. The molecule has 0 spiro atoms. The number of furan rings is 1. The van der Waals surface area contributed by atoms with Gasteiger partial charge in [0.05, 0.1) is 11.0 Å². The molecule has 0 N–H and O–H groups in total. The zero-order chi connectivity index (χ0) is 40.0. The molecule has 2 heterocycles. The van der Waals surface area contributed by atoms with Crippen LogP contribution in [0.4, 0.5) is 0 Å². The Morgan fingerprint density at radius 2 is 1.24 bits per heavy atom. The van der Waals surface area contributed by atoms with Crippen molar-refractivity contribution in [2.75, 3.05) is 0 Å². The van der Waals surface area contributed by atoms with Crippen molar-refractivity contribution in [2.24, 2.45) is 0 Å². The second kappa shape index (κ2) is 12.0. The van der Waals surface area contributed by atoms with E-state index in [-0.39, 0.29) is 5.82 Å². The van der Waals surface area contributed by atoms with Gasteiger partial charge >= 0.3 is 0 Å². The molecule has 11 rings (SSSR count). The van der Waals surface area contributed by atoms with Gasteiger partial charge in [-0.1, -0.05) is 134 Å². The van der Waals surface area contributed by atoms with Crippen molar-refractivity contribution in [1.82, 2.24) is 9.55 Å². The second-order valence-electron chi connectivity index (χ2n) is 13.8. The van der Waals surface area contributed by atoms with E-state index in [1.54, 1.807) is 10.6 Å². The van der Waals surface area contributed by atoms with Crippen LogP contribution in [0.25, 0.3) is 104 Å². The van der Waals surface area contributed by atoms with Gasteiger partial charge in [-0.25, -0.2) is 4.98 Å². The van der Waals surface area contributed by atoms with E-state index in [0.29, 0.717) is 16.7 Å². The highest BCUT2D eigenvalue weighted by atomic mass is 16.3. The molecule has 0 radical (unpaired) electrons. The second-order valence-corrected chi connectivity index (χ2v) is 13.8. The molecule has 54 heavy (non-hydrogen) atoms. The van der Waals surface area contributed by atoms with E-state index in [2.05, 4.69) is 114 Å². The Bertz CT molecular complexity index is 3470. The summed E-state index contributed by atoms with van der Waals surface area (Å²) in [6.07, 6.45) is -2.68. The standard InChI is InChI=1S/C51H34N2O/c1-2-48-52-44-19-9-10-20-45(44)53(48)37-27-25-33-29-36(24-23-34(33)30-37)49-38-15-6-7-16-39(38)50(43-31-35(26-28-40(43)49)32-13-4-3-5-14-32)42-18-12-22-47-51(42)41-17-8-11-21-46(41)54-47/h3-31H,2H2,1H3/i1D3,2D2. The fourth-order valence-electron chi connectivity index (χ4n) is 8.47. The molecule has 0 aliphatic heterocycles. The predicted octanol–water partition coefficient (Wildman–Crippen LogP) is 13.9. The van der Waals surface area contributed by atoms with E-state index in [1.807, 2.05) is 60.7 Å². The van der Waals surface area contributed by atoms with Crippen molar-refractivity contribution in [2.45, 2.75) is 13.2 Å². The van der Waals surface area contributed by atoms with Crippen molar-refractivity contribution in [3.05, 3.63) is 182 Å². The normalized spacial score (nSPS) is 13.7. The molecule has 0 bridgehead atoms. The van der Waals surface area contributed by atoms with Gasteiger partial charge in [0, 0.05) is 29.7 Å². The van der Waals surface area contributed by atoms with Crippen LogP contribution in [0.5, 0.6) is 0 Å². The van der Waals surface area contributed by atoms with Crippen LogP contribution in [0.3, 0.4) is 0 Å². The van der Waals surface area contributed by atoms with Gasteiger partial charge < -0.3 is 4.42 Å². The zero-order valence-electron chi connectivity index (χ0n) is 34.0. The van der Waals surface area contributed by atoms with Gasteiger partial charge in [-0.05, 0) is 114 Å². The number of aryl methyl sites for hydroxylation is 1. The topological polar surface area (TPSA) is 31.0 Å². The summed E-state index contributed by atoms with van der Waals surface area (Å²) >= 11 is 0. The number of hydrogen-bond acceptors (Lipinski definition) is 2. The number of aromatic nitrogens is 2. The van der Waals surface area contributed by atoms with Gasteiger partial charge in [0.25, 0.3) is 0 Å². The van der Waals surface area contributed by atoms with E-state index >= 15 is 0 Å². The van der Waals surface area contributed by atoms with Crippen LogP contribution >= 0.6 is 0 Å². The highest BCUT2D eigenvalue weighted by molar-refractivity contribution is 6.26. The molecule has 0 unspecified atom stereocenters. The average molecular weight is 696 g/mol. The third-order valence-electron chi connectivity index (χ3n) is 10.8. The third-order valence-corrected chi connectivity index (χ3v) is 10.8. The maximum absolute atomic E-state index is 8.67. The van der Waals surface area contributed by atoms with Gasteiger partial charge in [0.1, 0.15) is 17.0 Å². The number of imidazole rings is 1. The summed E-state index contributed by atoms with van der Waals surface area (Å²) in [4.78, 5) is 4.52. The van der Waals surface area contributed by atoms with E-state index in [1.165, 1.54) is 0 Å². The zero-order valence-corrected chi connectivity index (χ0v) is 29.0. The molecule has 0 atom stereocenters. The van der Waals surface area contributed by atoms with E-state index in [4.69, 9.17) is 11.3 Å². The molecule has 0 amide bonds. The predicted molar refractivity (Wildman–Crippen MR) is 227 cm³/mol. The van der Waals surface area contributed by atoms with Crippen molar-refractivity contribution < 1.29 is 11.3 Å². The first-order chi connectivity index (χ1) is 28.7. The molecule has 0 aliphatic rings. The maximum Gasteiger partial charge on any atom is 0.136 e. The molecule has 3 nitrogen and oxygen atoms in total. The molecule has 0 saturated heterocycles. The molecule has 0 aliphatic carbocycles. The largest absolute Gasteiger partial charge is 0.456 e. The van der Waals surface area contributed by atoms with Gasteiger partial charge in [0.15, 0.2) is 0 Å². The van der Waals surface area contributed by atoms with E-state index < -0.39 is 13.2 Å². The van der Waals surface area contributed by atoms with Crippen LogP contribution in [0.15, 0.2) is 180 Å². The number of fused-ring (bicyclic) bond motifs is 7.